The van der Waals surface area contributed by atoms with Crippen LogP contribution in [-0.2, 0) is 10.8 Å². The van der Waals surface area contributed by atoms with Crippen molar-refractivity contribution in [3.8, 4) is 22.8 Å². The molecule has 0 aliphatic rings. The van der Waals surface area contributed by atoms with Crippen LogP contribution < -0.4 is 0 Å². The minimum Gasteiger partial charge on any atom is -0.506 e. The Morgan fingerprint density at radius 3 is 2.24 bits per heavy atom. The molecule has 0 saturated carbocycles. The Kier molecular flexibility index (Phi) is 5.36. The molecule has 204 valence electrons. The van der Waals surface area contributed by atoms with Crippen LogP contribution >= 0.6 is 0 Å². The number of aromatic amines is 1. The molecule has 0 fully saturated rings. The van der Waals surface area contributed by atoms with Gasteiger partial charge in [-0.3, -0.25) is 0 Å². The first-order chi connectivity index (χ1) is 19.5. The van der Waals surface area contributed by atoms with Gasteiger partial charge in [0.05, 0.1) is 22.4 Å². The third-order valence-corrected chi connectivity index (χ3v) is 8.18. The molecule has 7 rings (SSSR count). The number of benzene rings is 4. The number of fused-ring (bicyclic) bond motifs is 5. The molecule has 0 radical (unpaired) electrons. The second kappa shape index (κ2) is 8.68. The summed E-state index contributed by atoms with van der Waals surface area (Å²) < 4.78 is 2.05. The lowest BCUT2D eigenvalue weighted by Crippen LogP contribution is -2.12. The summed E-state index contributed by atoms with van der Waals surface area (Å²) in [5.41, 5.74) is 8.82. The summed E-state index contributed by atoms with van der Waals surface area (Å²) in [7, 11) is 0. The van der Waals surface area contributed by atoms with Crippen LogP contribution in [0.5, 0.6) is 5.75 Å². The molecular formula is C36H34N4O. The number of phenols is 1. The fraction of sp³-hybridized carbons (Fsp3) is 0.222. The predicted octanol–water partition coefficient (Wildman–Crippen LogP) is 9.18. The van der Waals surface area contributed by atoms with Crippen LogP contribution in [0.4, 0.5) is 0 Å². The first kappa shape index (κ1) is 25.3. The molecule has 0 saturated heterocycles. The zero-order valence-electron chi connectivity index (χ0n) is 24.4. The van der Waals surface area contributed by atoms with E-state index in [1.807, 2.05) is 30.3 Å². The van der Waals surface area contributed by atoms with E-state index in [9.17, 15) is 5.11 Å². The van der Waals surface area contributed by atoms with Crippen molar-refractivity contribution in [1.29, 1.82) is 0 Å². The molecule has 0 atom stereocenters. The van der Waals surface area contributed by atoms with E-state index in [-0.39, 0.29) is 16.6 Å². The molecule has 0 aliphatic carbocycles. The largest absolute Gasteiger partial charge is 0.506 e. The number of nitrogens with zero attached hydrogens (tertiary/aromatic N) is 3. The van der Waals surface area contributed by atoms with Gasteiger partial charge in [0, 0.05) is 27.1 Å². The molecule has 0 spiro atoms. The van der Waals surface area contributed by atoms with Crippen LogP contribution in [0.25, 0.3) is 60.7 Å². The molecule has 0 bridgehead atoms. The van der Waals surface area contributed by atoms with Crippen LogP contribution in [0.2, 0.25) is 0 Å². The topological polar surface area (TPSA) is 66.7 Å². The molecule has 0 unspecified atom stereocenters. The van der Waals surface area contributed by atoms with E-state index in [0.717, 1.165) is 44.4 Å². The third-order valence-electron chi connectivity index (χ3n) is 8.18. The maximum absolute atomic E-state index is 10.5. The molecule has 3 heterocycles. The molecule has 5 nitrogen and oxygen atoms in total. The minimum absolute atomic E-state index is 0.0522. The molecule has 41 heavy (non-hydrogen) atoms. The first-order valence-corrected chi connectivity index (χ1v) is 14.2. The average Bonchev–Trinajstić information content (AvgIpc) is 3.50. The number of pyridine rings is 1. The van der Waals surface area contributed by atoms with Crippen LogP contribution in [0.15, 0.2) is 84.9 Å². The van der Waals surface area contributed by atoms with Crippen LogP contribution in [0.3, 0.4) is 0 Å². The van der Waals surface area contributed by atoms with E-state index < -0.39 is 0 Å². The van der Waals surface area contributed by atoms with E-state index in [0.29, 0.717) is 5.52 Å². The van der Waals surface area contributed by atoms with Gasteiger partial charge in [-0.25, -0.2) is 9.67 Å². The van der Waals surface area contributed by atoms with Crippen molar-refractivity contribution in [2.75, 3.05) is 0 Å². The van der Waals surface area contributed by atoms with Crippen molar-refractivity contribution in [3.05, 3.63) is 96.1 Å². The molecule has 2 N–H and O–H groups in total. The average molecular weight is 539 g/mol. The number of aromatic nitrogens is 4. The summed E-state index contributed by atoms with van der Waals surface area (Å²) in [6.45, 7) is 13.5. The smallest absolute Gasteiger partial charge is 0.141 e. The highest BCUT2D eigenvalue weighted by molar-refractivity contribution is 6.11. The van der Waals surface area contributed by atoms with Gasteiger partial charge < -0.3 is 10.1 Å². The van der Waals surface area contributed by atoms with Gasteiger partial charge in [-0.2, -0.15) is 5.10 Å². The van der Waals surface area contributed by atoms with Crippen molar-refractivity contribution in [3.63, 3.8) is 0 Å². The summed E-state index contributed by atoms with van der Waals surface area (Å²) in [5, 5.41) is 20.1. The zero-order valence-corrected chi connectivity index (χ0v) is 24.4. The normalized spacial score (nSPS) is 12.7. The maximum atomic E-state index is 10.5. The molecule has 0 aliphatic heterocycles. The Hall–Kier alpha value is -4.64. The summed E-state index contributed by atoms with van der Waals surface area (Å²) in [5.74, 6) is 0.167. The molecular weight excluding hydrogens is 504 g/mol. The maximum Gasteiger partial charge on any atom is 0.141 e. The van der Waals surface area contributed by atoms with Crippen molar-refractivity contribution in [2.24, 2.45) is 0 Å². The number of hydrogen-bond donors (Lipinski definition) is 2. The van der Waals surface area contributed by atoms with Crippen molar-refractivity contribution < 1.29 is 5.11 Å². The third kappa shape index (κ3) is 4.07. The number of phenolic OH excluding ortho intramolecular Hbond substituents is 1. The van der Waals surface area contributed by atoms with E-state index in [2.05, 4.69) is 99.7 Å². The molecule has 5 heteroatoms. The second-order valence-electron chi connectivity index (χ2n) is 13.1. The first-order valence-electron chi connectivity index (χ1n) is 14.2. The van der Waals surface area contributed by atoms with Gasteiger partial charge >= 0.3 is 0 Å². The number of para-hydroxylation sites is 2. The van der Waals surface area contributed by atoms with Gasteiger partial charge in [-0.15, -0.1) is 0 Å². The number of aromatic hydroxyl groups is 1. The Bertz CT molecular complexity index is 2130. The monoisotopic (exact) mass is 538 g/mol. The Morgan fingerprint density at radius 1 is 0.707 bits per heavy atom. The highest BCUT2D eigenvalue weighted by atomic mass is 16.3. The van der Waals surface area contributed by atoms with E-state index >= 15 is 0 Å². The molecule has 3 aromatic heterocycles. The number of nitrogens with one attached hydrogen (secondary N) is 1. The van der Waals surface area contributed by atoms with E-state index in [1.165, 1.54) is 21.9 Å². The highest BCUT2D eigenvalue weighted by Crippen LogP contribution is 2.39. The van der Waals surface area contributed by atoms with Crippen LogP contribution in [-0.4, -0.2) is 24.9 Å². The number of rotatable bonds is 2. The quantitative estimate of drug-likeness (QED) is 0.231. The fourth-order valence-electron chi connectivity index (χ4n) is 5.75. The second-order valence-corrected chi connectivity index (χ2v) is 13.1. The lowest BCUT2D eigenvalue weighted by molar-refractivity contribution is 0.480. The van der Waals surface area contributed by atoms with Gasteiger partial charge in [-0.1, -0.05) is 84.0 Å². The van der Waals surface area contributed by atoms with Gasteiger partial charge in [0.1, 0.15) is 17.0 Å². The number of H-pyrrole nitrogens is 1. The molecule has 4 aromatic carbocycles. The SMILES string of the molecule is CC(C)(C)c1ccc2[nH]c3c(-n4nc(-c5ccc6cccc(O)c6n5)c5ccccc54)cc(C(C)(C)C)cc3c2c1. The van der Waals surface area contributed by atoms with Crippen LogP contribution in [0, 0.1) is 0 Å². The highest BCUT2D eigenvalue weighted by Gasteiger charge is 2.23. The molecule has 0 amide bonds. The van der Waals surface area contributed by atoms with E-state index in [4.69, 9.17) is 10.1 Å². The van der Waals surface area contributed by atoms with Crippen LogP contribution in [0.1, 0.15) is 52.7 Å². The lowest BCUT2D eigenvalue weighted by Gasteiger charge is -2.21. The zero-order chi connectivity index (χ0) is 28.7. The summed E-state index contributed by atoms with van der Waals surface area (Å²) in [4.78, 5) is 8.59. The lowest BCUT2D eigenvalue weighted by atomic mass is 9.84. The summed E-state index contributed by atoms with van der Waals surface area (Å²) in [6, 6.07) is 29.1. The van der Waals surface area contributed by atoms with Gasteiger partial charge in [-0.05, 0) is 64.4 Å². The minimum atomic E-state index is -0.0581. The summed E-state index contributed by atoms with van der Waals surface area (Å²) >= 11 is 0. The Balaban J connectivity index is 1.54. The Morgan fingerprint density at radius 2 is 1.46 bits per heavy atom. The number of hydrogen-bond acceptors (Lipinski definition) is 3. The van der Waals surface area contributed by atoms with Crippen molar-refractivity contribution >= 4 is 43.6 Å². The van der Waals surface area contributed by atoms with Gasteiger partial charge in [0.25, 0.3) is 0 Å². The van der Waals surface area contributed by atoms with Crippen molar-refractivity contribution in [2.45, 2.75) is 52.4 Å². The fourth-order valence-corrected chi connectivity index (χ4v) is 5.75. The van der Waals surface area contributed by atoms with Gasteiger partial charge in [0.15, 0.2) is 0 Å². The Labute approximate surface area is 239 Å². The van der Waals surface area contributed by atoms with E-state index in [1.54, 1.807) is 6.07 Å². The standard InChI is InChI=1S/C36H34N4O/c1-35(2,3)22-15-17-27-25(18-22)26-19-23(36(4,5)6)20-30(34(26)37-27)40-29-12-8-7-11-24(29)33(39-40)28-16-14-21-10-9-13-31(41)32(21)38-28/h7-20,37,41H,1-6H3. The summed E-state index contributed by atoms with van der Waals surface area (Å²) in [6.07, 6.45) is 0. The van der Waals surface area contributed by atoms with Crippen molar-refractivity contribution in [1.82, 2.24) is 19.7 Å². The predicted molar refractivity (Wildman–Crippen MR) is 170 cm³/mol. The molecule has 7 aromatic rings. The van der Waals surface area contributed by atoms with Gasteiger partial charge in [0.2, 0.25) is 0 Å².